The molecule has 116 valence electrons. The topological polar surface area (TPSA) is 72.1 Å². The Kier molecular flexibility index (Phi) is 4.04. The highest BCUT2D eigenvalue weighted by Gasteiger charge is 2.24. The highest BCUT2D eigenvalue weighted by Crippen LogP contribution is 2.28. The highest BCUT2D eigenvalue weighted by molar-refractivity contribution is 9.10. The minimum absolute atomic E-state index is 0.00437. The second-order valence-electron chi connectivity index (χ2n) is 5.84. The van der Waals surface area contributed by atoms with Gasteiger partial charge in [-0.1, -0.05) is 0 Å². The summed E-state index contributed by atoms with van der Waals surface area (Å²) in [6.07, 6.45) is 1.59. The Balaban J connectivity index is 1.90. The molecule has 1 amide bonds. The van der Waals surface area contributed by atoms with Gasteiger partial charge >= 0.3 is 0 Å². The van der Waals surface area contributed by atoms with Crippen molar-refractivity contribution >= 4 is 38.7 Å². The van der Waals surface area contributed by atoms with Crippen molar-refractivity contribution in [3.05, 3.63) is 27.9 Å². The van der Waals surface area contributed by atoms with Gasteiger partial charge in [0.2, 0.25) is 5.91 Å². The fraction of sp³-hybridized carbons (Fsp3) is 0.438. The lowest BCUT2D eigenvalue weighted by molar-refractivity contribution is -0.122. The number of carbonyl (C=O) groups is 1. The van der Waals surface area contributed by atoms with Gasteiger partial charge in [-0.25, -0.2) is 9.97 Å². The SMILES string of the molecule is Cc1nc2nc(N3CCC(C(N)=O)CC3)ccc2c(C)c1Br. The molecule has 3 rings (SSSR count). The van der Waals surface area contributed by atoms with E-state index in [0.717, 1.165) is 58.5 Å². The molecule has 2 aromatic heterocycles. The lowest BCUT2D eigenvalue weighted by Crippen LogP contribution is -2.38. The molecule has 0 unspecified atom stereocenters. The zero-order valence-corrected chi connectivity index (χ0v) is 14.4. The predicted molar refractivity (Wildman–Crippen MR) is 90.8 cm³/mol. The molecule has 0 aromatic carbocycles. The van der Waals surface area contributed by atoms with Crippen LogP contribution in [0.3, 0.4) is 0 Å². The van der Waals surface area contributed by atoms with Crippen molar-refractivity contribution in [3.63, 3.8) is 0 Å². The molecule has 2 aromatic rings. The van der Waals surface area contributed by atoms with Crippen LogP contribution in [-0.2, 0) is 4.79 Å². The number of nitrogens with two attached hydrogens (primary N) is 1. The number of primary amides is 1. The minimum Gasteiger partial charge on any atom is -0.369 e. The van der Waals surface area contributed by atoms with Crippen LogP contribution in [0.2, 0.25) is 0 Å². The van der Waals surface area contributed by atoms with Gasteiger partial charge < -0.3 is 10.6 Å². The summed E-state index contributed by atoms with van der Waals surface area (Å²) in [6.45, 7) is 5.66. The van der Waals surface area contributed by atoms with E-state index in [4.69, 9.17) is 10.7 Å². The Morgan fingerprint density at radius 3 is 2.59 bits per heavy atom. The third kappa shape index (κ3) is 2.67. The molecule has 1 saturated heterocycles. The molecule has 1 aliphatic rings. The van der Waals surface area contributed by atoms with E-state index >= 15 is 0 Å². The van der Waals surface area contributed by atoms with Gasteiger partial charge in [-0.15, -0.1) is 0 Å². The summed E-state index contributed by atoms with van der Waals surface area (Å²) in [5.41, 5.74) is 8.26. The summed E-state index contributed by atoms with van der Waals surface area (Å²) < 4.78 is 1.04. The van der Waals surface area contributed by atoms with Gasteiger partial charge in [0, 0.05) is 28.9 Å². The average molecular weight is 363 g/mol. The van der Waals surface area contributed by atoms with Gasteiger partial charge in [-0.3, -0.25) is 4.79 Å². The predicted octanol–water partition coefficient (Wildman–Crippen LogP) is 2.71. The normalized spacial score (nSPS) is 16.2. The van der Waals surface area contributed by atoms with E-state index in [1.807, 2.05) is 13.0 Å². The van der Waals surface area contributed by atoms with E-state index in [0.29, 0.717) is 0 Å². The fourth-order valence-electron chi connectivity index (χ4n) is 2.98. The number of aromatic nitrogens is 2. The number of fused-ring (bicyclic) bond motifs is 1. The third-order valence-electron chi connectivity index (χ3n) is 4.41. The molecule has 0 saturated carbocycles. The van der Waals surface area contributed by atoms with Crippen LogP contribution in [-0.4, -0.2) is 29.0 Å². The monoisotopic (exact) mass is 362 g/mol. The van der Waals surface area contributed by atoms with E-state index in [9.17, 15) is 4.79 Å². The number of nitrogens with zero attached hydrogens (tertiary/aromatic N) is 3. The van der Waals surface area contributed by atoms with Crippen LogP contribution >= 0.6 is 15.9 Å². The van der Waals surface area contributed by atoms with Crippen molar-refractivity contribution < 1.29 is 4.79 Å². The van der Waals surface area contributed by atoms with E-state index in [1.165, 1.54) is 0 Å². The minimum atomic E-state index is -0.191. The molecule has 0 bridgehead atoms. The molecule has 2 N–H and O–H groups in total. The first kappa shape index (κ1) is 15.2. The average Bonchev–Trinajstić information content (AvgIpc) is 2.52. The van der Waals surface area contributed by atoms with Crippen LogP contribution in [0.25, 0.3) is 11.0 Å². The van der Waals surface area contributed by atoms with Crippen molar-refractivity contribution in [2.45, 2.75) is 26.7 Å². The molecule has 0 spiro atoms. The summed E-state index contributed by atoms with van der Waals surface area (Å²) in [5, 5.41) is 1.06. The number of amides is 1. The van der Waals surface area contributed by atoms with Crippen molar-refractivity contribution in [3.8, 4) is 0 Å². The first-order valence-corrected chi connectivity index (χ1v) is 8.24. The Bertz CT molecular complexity index is 738. The lowest BCUT2D eigenvalue weighted by atomic mass is 9.96. The summed E-state index contributed by atoms with van der Waals surface area (Å²) in [6, 6.07) is 4.10. The number of pyridine rings is 2. The van der Waals surface area contributed by atoms with E-state index in [2.05, 4.69) is 38.8 Å². The van der Waals surface area contributed by atoms with Gasteiger partial charge in [0.25, 0.3) is 0 Å². The number of piperidine rings is 1. The maximum atomic E-state index is 11.3. The molecule has 5 nitrogen and oxygen atoms in total. The number of halogens is 1. The lowest BCUT2D eigenvalue weighted by Gasteiger charge is -2.31. The van der Waals surface area contributed by atoms with Gasteiger partial charge in [-0.2, -0.15) is 0 Å². The Morgan fingerprint density at radius 2 is 1.95 bits per heavy atom. The van der Waals surface area contributed by atoms with Crippen LogP contribution in [0.5, 0.6) is 0 Å². The smallest absolute Gasteiger partial charge is 0.220 e. The maximum Gasteiger partial charge on any atom is 0.220 e. The largest absolute Gasteiger partial charge is 0.369 e. The Morgan fingerprint density at radius 1 is 1.27 bits per heavy atom. The van der Waals surface area contributed by atoms with Crippen LogP contribution in [0, 0.1) is 19.8 Å². The van der Waals surface area contributed by atoms with Gasteiger partial charge in [0.05, 0.1) is 5.69 Å². The van der Waals surface area contributed by atoms with E-state index in [1.54, 1.807) is 0 Å². The molecule has 0 atom stereocenters. The second-order valence-corrected chi connectivity index (χ2v) is 6.63. The van der Waals surface area contributed by atoms with Crippen molar-refractivity contribution in [2.24, 2.45) is 11.7 Å². The zero-order chi connectivity index (χ0) is 15.9. The van der Waals surface area contributed by atoms with Crippen LogP contribution in [0.1, 0.15) is 24.1 Å². The summed E-state index contributed by atoms with van der Waals surface area (Å²) in [7, 11) is 0. The molecular formula is C16H19BrN4O. The first-order chi connectivity index (χ1) is 10.5. The standard InChI is InChI=1S/C16H19BrN4O/c1-9-12-3-4-13(20-16(12)19-10(2)14(9)17)21-7-5-11(6-8-21)15(18)22/h3-4,11H,5-8H2,1-2H3,(H2,18,22). The quantitative estimate of drug-likeness (QED) is 0.891. The molecule has 3 heterocycles. The molecule has 22 heavy (non-hydrogen) atoms. The van der Waals surface area contributed by atoms with Crippen LogP contribution in [0.15, 0.2) is 16.6 Å². The van der Waals surface area contributed by atoms with Crippen molar-refractivity contribution in [2.75, 3.05) is 18.0 Å². The summed E-state index contributed by atoms with van der Waals surface area (Å²) in [4.78, 5) is 22.7. The molecule has 6 heteroatoms. The van der Waals surface area contributed by atoms with Crippen LogP contribution in [0.4, 0.5) is 5.82 Å². The number of rotatable bonds is 2. The van der Waals surface area contributed by atoms with Gasteiger partial charge in [-0.05, 0) is 60.3 Å². The molecule has 1 fully saturated rings. The van der Waals surface area contributed by atoms with E-state index < -0.39 is 0 Å². The maximum absolute atomic E-state index is 11.3. The Labute approximate surface area is 138 Å². The number of carbonyl (C=O) groups excluding carboxylic acids is 1. The van der Waals surface area contributed by atoms with Crippen LogP contribution < -0.4 is 10.6 Å². The third-order valence-corrected chi connectivity index (χ3v) is 5.57. The van der Waals surface area contributed by atoms with Gasteiger partial charge in [0.15, 0.2) is 5.65 Å². The molecule has 0 aliphatic carbocycles. The highest BCUT2D eigenvalue weighted by atomic mass is 79.9. The first-order valence-electron chi connectivity index (χ1n) is 7.45. The second kappa shape index (κ2) is 5.83. The molecular weight excluding hydrogens is 344 g/mol. The summed E-state index contributed by atoms with van der Waals surface area (Å²) >= 11 is 3.57. The van der Waals surface area contributed by atoms with Gasteiger partial charge in [0.1, 0.15) is 5.82 Å². The summed E-state index contributed by atoms with van der Waals surface area (Å²) in [5.74, 6) is 0.725. The number of anilines is 1. The Hall–Kier alpha value is -1.69. The number of hydrogen-bond donors (Lipinski definition) is 1. The van der Waals surface area contributed by atoms with Crippen molar-refractivity contribution in [1.29, 1.82) is 0 Å². The number of aryl methyl sites for hydroxylation is 2. The molecule has 0 radical (unpaired) electrons. The zero-order valence-electron chi connectivity index (χ0n) is 12.8. The fourth-order valence-corrected chi connectivity index (χ4v) is 3.29. The number of hydrogen-bond acceptors (Lipinski definition) is 4. The van der Waals surface area contributed by atoms with E-state index in [-0.39, 0.29) is 11.8 Å². The van der Waals surface area contributed by atoms with Crippen molar-refractivity contribution in [1.82, 2.24) is 9.97 Å². The molecule has 1 aliphatic heterocycles.